The Balaban J connectivity index is 2.29. The molecule has 4 nitrogen and oxygen atoms in total. The van der Waals surface area contributed by atoms with Crippen LogP contribution >= 0.6 is 11.3 Å². The van der Waals surface area contributed by atoms with Crippen molar-refractivity contribution in [3.05, 3.63) is 45.7 Å². The molecule has 0 radical (unpaired) electrons. The molecule has 2 rings (SSSR count). The highest BCUT2D eigenvalue weighted by Gasteiger charge is 2.24. The Bertz CT molecular complexity index is 726. The van der Waals surface area contributed by atoms with Gasteiger partial charge in [0.25, 0.3) is 0 Å². The summed E-state index contributed by atoms with van der Waals surface area (Å²) >= 11 is 1.42. The van der Waals surface area contributed by atoms with Crippen molar-refractivity contribution in [1.29, 1.82) is 0 Å². The van der Waals surface area contributed by atoms with Gasteiger partial charge in [0.1, 0.15) is 10.7 Å². The van der Waals surface area contributed by atoms with Gasteiger partial charge in [-0.25, -0.2) is 17.8 Å². The van der Waals surface area contributed by atoms with Crippen LogP contribution in [0.2, 0.25) is 0 Å². The van der Waals surface area contributed by atoms with E-state index in [4.69, 9.17) is 0 Å². The van der Waals surface area contributed by atoms with Gasteiger partial charge in [-0.1, -0.05) is 6.07 Å². The third-order valence-electron chi connectivity index (χ3n) is 2.82. The van der Waals surface area contributed by atoms with Crippen molar-refractivity contribution in [1.82, 2.24) is 9.29 Å². The maximum absolute atomic E-state index is 13.8. The molecule has 0 unspecified atom stereocenters. The lowest BCUT2D eigenvalue weighted by Gasteiger charge is -2.16. The maximum Gasteiger partial charge on any atom is 0.246 e. The largest absolute Gasteiger partial charge is 0.250 e. The van der Waals surface area contributed by atoms with Crippen LogP contribution in [0, 0.1) is 19.7 Å². The second-order valence-electron chi connectivity index (χ2n) is 4.54. The maximum atomic E-state index is 13.8. The van der Waals surface area contributed by atoms with Crippen molar-refractivity contribution in [3.8, 4) is 0 Å². The van der Waals surface area contributed by atoms with Gasteiger partial charge in [-0.05, 0) is 31.5 Å². The Kier molecular flexibility index (Phi) is 4.22. The minimum absolute atomic E-state index is 0.182. The number of hydrogen-bond donors (Lipinski definition) is 0. The molecule has 1 heterocycles. The first-order valence-corrected chi connectivity index (χ1v) is 8.20. The number of nitrogens with zero attached hydrogens (tertiary/aromatic N) is 2. The number of halogens is 1. The molecule has 0 aliphatic rings. The predicted molar refractivity (Wildman–Crippen MR) is 76.6 cm³/mol. The summed E-state index contributed by atoms with van der Waals surface area (Å²) in [6, 6.07) is 4.10. The number of sulfonamides is 1. The summed E-state index contributed by atoms with van der Waals surface area (Å²) in [5.41, 5.74) is 0.683. The summed E-state index contributed by atoms with van der Waals surface area (Å²) in [5, 5.41) is 0.868. The fourth-order valence-corrected chi connectivity index (χ4v) is 3.89. The molecule has 0 fully saturated rings. The van der Waals surface area contributed by atoms with E-state index >= 15 is 0 Å². The van der Waals surface area contributed by atoms with E-state index in [1.54, 1.807) is 19.2 Å². The molecule has 0 atom stereocenters. The summed E-state index contributed by atoms with van der Waals surface area (Å²) in [4.78, 5) is 4.60. The van der Waals surface area contributed by atoms with Crippen LogP contribution in [-0.2, 0) is 16.6 Å². The van der Waals surface area contributed by atoms with Gasteiger partial charge in [0, 0.05) is 24.7 Å². The highest BCUT2D eigenvalue weighted by Crippen LogP contribution is 2.22. The first-order valence-electron chi connectivity index (χ1n) is 5.94. The van der Waals surface area contributed by atoms with Gasteiger partial charge in [-0.15, -0.1) is 11.3 Å². The van der Waals surface area contributed by atoms with E-state index in [2.05, 4.69) is 4.98 Å². The number of aromatic nitrogens is 1. The van der Waals surface area contributed by atoms with Crippen molar-refractivity contribution in [2.45, 2.75) is 25.3 Å². The summed E-state index contributed by atoms with van der Waals surface area (Å²) < 4.78 is 39.7. The van der Waals surface area contributed by atoms with Gasteiger partial charge in [-0.2, -0.15) is 4.31 Å². The zero-order valence-corrected chi connectivity index (χ0v) is 13.1. The fraction of sp³-hybridized carbons (Fsp3) is 0.308. The Labute approximate surface area is 121 Å². The van der Waals surface area contributed by atoms with E-state index in [0.29, 0.717) is 5.56 Å². The summed E-state index contributed by atoms with van der Waals surface area (Å²) in [7, 11) is -2.40. The first-order chi connectivity index (χ1) is 9.30. The SMILES string of the molecule is Cc1ccc(S(=O)(=O)N(C)Cc2cnc(C)s2)c(F)c1. The standard InChI is InChI=1S/C13H15FN2O2S2/c1-9-4-5-13(12(14)6-9)20(17,18)16(3)8-11-7-15-10(2)19-11/h4-7H,8H2,1-3H3. The van der Waals surface area contributed by atoms with Crippen molar-refractivity contribution in [3.63, 3.8) is 0 Å². The molecule has 0 aliphatic heterocycles. The molecular formula is C13H15FN2O2S2. The molecule has 108 valence electrons. The van der Waals surface area contributed by atoms with E-state index in [-0.39, 0.29) is 11.4 Å². The Hall–Kier alpha value is -1.31. The fourth-order valence-electron chi connectivity index (χ4n) is 1.77. The first kappa shape index (κ1) is 15.1. The van der Waals surface area contributed by atoms with Gasteiger partial charge in [-0.3, -0.25) is 0 Å². The molecular weight excluding hydrogens is 299 g/mol. The Morgan fingerprint density at radius 2 is 2.05 bits per heavy atom. The average molecular weight is 314 g/mol. The van der Waals surface area contributed by atoms with Crippen molar-refractivity contribution in [2.75, 3.05) is 7.05 Å². The zero-order valence-electron chi connectivity index (χ0n) is 11.4. The predicted octanol–water partition coefficient (Wildman–Crippen LogP) is 2.72. The van der Waals surface area contributed by atoms with E-state index in [0.717, 1.165) is 14.2 Å². The monoisotopic (exact) mass is 314 g/mol. The van der Waals surface area contributed by atoms with Crippen LogP contribution in [0.1, 0.15) is 15.4 Å². The second kappa shape index (κ2) is 5.59. The molecule has 7 heteroatoms. The van der Waals surface area contributed by atoms with Crippen molar-refractivity contribution < 1.29 is 12.8 Å². The summed E-state index contributed by atoms with van der Waals surface area (Å²) in [6.45, 7) is 3.74. The number of thiazole rings is 1. The quantitative estimate of drug-likeness (QED) is 0.872. The zero-order chi connectivity index (χ0) is 14.9. The number of rotatable bonds is 4. The van der Waals surface area contributed by atoms with E-state index < -0.39 is 15.8 Å². The molecule has 0 saturated heterocycles. The highest BCUT2D eigenvalue weighted by molar-refractivity contribution is 7.89. The lowest BCUT2D eigenvalue weighted by Crippen LogP contribution is -2.27. The van der Waals surface area contributed by atoms with Gasteiger partial charge >= 0.3 is 0 Å². The molecule has 1 aromatic carbocycles. The molecule has 0 saturated carbocycles. The van der Waals surface area contributed by atoms with Gasteiger partial charge in [0.2, 0.25) is 10.0 Å². The van der Waals surface area contributed by atoms with Gasteiger partial charge < -0.3 is 0 Å². The lowest BCUT2D eigenvalue weighted by atomic mass is 10.2. The molecule has 0 amide bonds. The highest BCUT2D eigenvalue weighted by atomic mass is 32.2. The van der Waals surface area contributed by atoms with Gasteiger partial charge in [0.05, 0.1) is 5.01 Å². The van der Waals surface area contributed by atoms with Gasteiger partial charge in [0.15, 0.2) is 0 Å². The number of hydrogen-bond acceptors (Lipinski definition) is 4. The van der Waals surface area contributed by atoms with Crippen LogP contribution in [-0.4, -0.2) is 24.8 Å². The van der Waals surface area contributed by atoms with Crippen LogP contribution in [0.5, 0.6) is 0 Å². The van der Waals surface area contributed by atoms with E-state index in [9.17, 15) is 12.8 Å². The molecule has 0 N–H and O–H groups in total. The van der Waals surface area contributed by atoms with Crippen LogP contribution in [0.25, 0.3) is 0 Å². The van der Waals surface area contributed by atoms with Crippen LogP contribution in [0.15, 0.2) is 29.3 Å². The third-order valence-corrected chi connectivity index (χ3v) is 5.56. The van der Waals surface area contributed by atoms with E-state index in [1.807, 2.05) is 6.92 Å². The van der Waals surface area contributed by atoms with Crippen LogP contribution in [0.3, 0.4) is 0 Å². The van der Waals surface area contributed by atoms with Crippen molar-refractivity contribution in [2.24, 2.45) is 0 Å². The molecule has 20 heavy (non-hydrogen) atoms. The lowest BCUT2D eigenvalue weighted by molar-refractivity contribution is 0.462. The topological polar surface area (TPSA) is 50.3 Å². The smallest absolute Gasteiger partial charge is 0.246 e. The van der Waals surface area contributed by atoms with Crippen LogP contribution < -0.4 is 0 Å². The average Bonchev–Trinajstić information content (AvgIpc) is 2.74. The minimum atomic E-state index is -3.84. The Morgan fingerprint density at radius 3 is 2.60 bits per heavy atom. The molecule has 0 bridgehead atoms. The Morgan fingerprint density at radius 1 is 1.35 bits per heavy atom. The summed E-state index contributed by atoms with van der Waals surface area (Å²) in [5.74, 6) is -0.725. The molecule has 2 aromatic rings. The number of benzene rings is 1. The molecule has 0 spiro atoms. The van der Waals surface area contributed by atoms with E-state index in [1.165, 1.54) is 30.5 Å². The third kappa shape index (κ3) is 3.05. The van der Waals surface area contributed by atoms with Crippen LogP contribution in [0.4, 0.5) is 4.39 Å². The summed E-state index contributed by atoms with van der Waals surface area (Å²) in [6.07, 6.45) is 1.64. The van der Waals surface area contributed by atoms with Crippen molar-refractivity contribution >= 4 is 21.4 Å². The normalized spacial score (nSPS) is 12.1. The molecule has 0 aliphatic carbocycles. The molecule has 1 aromatic heterocycles. The minimum Gasteiger partial charge on any atom is -0.250 e. The number of aryl methyl sites for hydroxylation is 2. The second-order valence-corrected chi connectivity index (χ2v) is 7.87.